The van der Waals surface area contributed by atoms with Crippen LogP contribution in [0, 0.1) is 0 Å². The molecule has 2 amide bonds. The molecule has 7 nitrogen and oxygen atoms in total. The lowest BCUT2D eigenvalue weighted by atomic mass is 10.1. The number of carbonyl (C=O) groups excluding carboxylic acids is 2. The van der Waals surface area contributed by atoms with Gasteiger partial charge in [-0.3, -0.25) is 9.59 Å². The molecule has 3 aromatic rings. The first kappa shape index (κ1) is 20.9. The van der Waals surface area contributed by atoms with Crippen LogP contribution in [-0.2, 0) is 4.79 Å². The maximum atomic E-state index is 12.9. The van der Waals surface area contributed by atoms with Gasteiger partial charge in [-0.15, -0.1) is 11.3 Å². The third-order valence-electron chi connectivity index (χ3n) is 5.26. The average Bonchev–Trinajstić information content (AvgIpc) is 3.48. The van der Waals surface area contributed by atoms with E-state index in [1.165, 1.54) is 11.3 Å². The topological polar surface area (TPSA) is 80.8 Å². The van der Waals surface area contributed by atoms with Crippen molar-refractivity contribution in [1.82, 2.24) is 9.88 Å². The fourth-order valence-electron chi connectivity index (χ4n) is 3.68. The molecule has 1 atom stereocenters. The van der Waals surface area contributed by atoms with E-state index in [1.54, 1.807) is 37.3 Å². The predicted octanol–water partition coefficient (Wildman–Crippen LogP) is 4.07. The van der Waals surface area contributed by atoms with E-state index in [1.807, 2.05) is 35.7 Å². The minimum Gasteiger partial charge on any atom is -0.497 e. The highest BCUT2D eigenvalue weighted by Gasteiger charge is 2.34. The van der Waals surface area contributed by atoms with E-state index in [9.17, 15) is 9.59 Å². The van der Waals surface area contributed by atoms with Crippen molar-refractivity contribution < 1.29 is 19.1 Å². The van der Waals surface area contributed by atoms with Crippen molar-refractivity contribution in [3.8, 4) is 22.8 Å². The Morgan fingerprint density at radius 3 is 2.68 bits per heavy atom. The largest absolute Gasteiger partial charge is 0.497 e. The van der Waals surface area contributed by atoms with Gasteiger partial charge in [0.05, 0.1) is 19.9 Å². The summed E-state index contributed by atoms with van der Waals surface area (Å²) in [5.74, 6) is 0.983. The summed E-state index contributed by atoms with van der Waals surface area (Å²) >= 11 is 1.33. The van der Waals surface area contributed by atoms with Crippen LogP contribution in [0.1, 0.15) is 23.2 Å². The lowest BCUT2D eigenvalue weighted by molar-refractivity contribution is -0.119. The number of carbonyl (C=O) groups is 2. The van der Waals surface area contributed by atoms with Gasteiger partial charge in [-0.1, -0.05) is 18.2 Å². The summed E-state index contributed by atoms with van der Waals surface area (Å²) in [4.78, 5) is 32.0. The Morgan fingerprint density at radius 1 is 1.13 bits per heavy atom. The molecule has 8 heteroatoms. The van der Waals surface area contributed by atoms with Crippen molar-refractivity contribution in [2.24, 2.45) is 0 Å². The van der Waals surface area contributed by atoms with Crippen LogP contribution in [0.2, 0.25) is 0 Å². The van der Waals surface area contributed by atoms with E-state index < -0.39 is 6.04 Å². The van der Waals surface area contributed by atoms with Crippen molar-refractivity contribution >= 4 is 28.3 Å². The Bertz CT molecular complexity index is 1080. The van der Waals surface area contributed by atoms with E-state index >= 15 is 0 Å². The molecule has 1 aliphatic heterocycles. The lowest BCUT2D eigenvalue weighted by Gasteiger charge is -2.23. The normalized spacial score (nSPS) is 15.5. The lowest BCUT2D eigenvalue weighted by Crippen LogP contribution is -2.43. The molecule has 0 unspecified atom stereocenters. The van der Waals surface area contributed by atoms with Crippen molar-refractivity contribution in [1.29, 1.82) is 0 Å². The fourth-order valence-corrected chi connectivity index (χ4v) is 4.40. The Kier molecular flexibility index (Phi) is 6.18. The van der Waals surface area contributed by atoms with Gasteiger partial charge in [-0.2, -0.15) is 0 Å². The number of aromatic nitrogens is 1. The van der Waals surface area contributed by atoms with E-state index in [0.29, 0.717) is 40.9 Å². The Labute approximate surface area is 184 Å². The Morgan fingerprint density at radius 2 is 1.94 bits per heavy atom. The standard InChI is InChI=1S/C23H23N3O4S/c1-29-16-10-11-17(20(13-16)30-2)18-14-31-23(24-18)25-21(27)19-9-6-12-26(19)22(28)15-7-4-3-5-8-15/h3-5,7-8,10-11,13-14,19H,6,9,12H2,1-2H3,(H,24,25,27)/t19-/m0/s1. The van der Waals surface area contributed by atoms with Gasteiger partial charge in [-0.25, -0.2) is 4.98 Å². The number of hydrogen-bond acceptors (Lipinski definition) is 6. The predicted molar refractivity (Wildman–Crippen MR) is 120 cm³/mol. The molecule has 160 valence electrons. The van der Waals surface area contributed by atoms with Crippen LogP contribution in [-0.4, -0.2) is 48.5 Å². The number of likely N-dealkylation sites (tertiary alicyclic amines) is 1. The van der Waals surface area contributed by atoms with Gasteiger partial charge in [0.2, 0.25) is 5.91 Å². The molecule has 0 radical (unpaired) electrons. The first-order valence-electron chi connectivity index (χ1n) is 9.95. The van der Waals surface area contributed by atoms with Gasteiger partial charge in [-0.05, 0) is 37.1 Å². The summed E-state index contributed by atoms with van der Waals surface area (Å²) in [5, 5.41) is 5.23. The maximum absolute atomic E-state index is 12.9. The van der Waals surface area contributed by atoms with E-state index in [2.05, 4.69) is 10.3 Å². The maximum Gasteiger partial charge on any atom is 0.254 e. The summed E-state index contributed by atoms with van der Waals surface area (Å²) < 4.78 is 10.7. The summed E-state index contributed by atoms with van der Waals surface area (Å²) in [6.45, 7) is 0.567. The van der Waals surface area contributed by atoms with E-state index in [-0.39, 0.29) is 11.8 Å². The van der Waals surface area contributed by atoms with Crippen molar-refractivity contribution in [3.05, 3.63) is 59.5 Å². The molecule has 1 aliphatic rings. The number of hydrogen-bond donors (Lipinski definition) is 1. The highest BCUT2D eigenvalue weighted by Crippen LogP contribution is 2.35. The quantitative estimate of drug-likeness (QED) is 0.629. The number of benzene rings is 2. The van der Waals surface area contributed by atoms with Gasteiger partial charge in [0.25, 0.3) is 5.91 Å². The second kappa shape index (κ2) is 9.18. The summed E-state index contributed by atoms with van der Waals surface area (Å²) in [7, 11) is 3.19. The first-order chi connectivity index (χ1) is 15.1. The van der Waals surface area contributed by atoms with Gasteiger partial charge < -0.3 is 19.7 Å². The summed E-state index contributed by atoms with van der Waals surface area (Å²) in [6, 6.07) is 14.0. The molecule has 0 aliphatic carbocycles. The van der Waals surface area contributed by atoms with Crippen LogP contribution >= 0.6 is 11.3 Å². The number of anilines is 1. The molecule has 0 saturated carbocycles. The average molecular weight is 438 g/mol. The molecule has 31 heavy (non-hydrogen) atoms. The summed E-state index contributed by atoms with van der Waals surface area (Å²) in [6.07, 6.45) is 1.43. The minimum absolute atomic E-state index is 0.124. The van der Waals surface area contributed by atoms with Gasteiger partial charge in [0.1, 0.15) is 17.5 Å². The van der Waals surface area contributed by atoms with Crippen LogP contribution < -0.4 is 14.8 Å². The van der Waals surface area contributed by atoms with Crippen molar-refractivity contribution in [2.45, 2.75) is 18.9 Å². The van der Waals surface area contributed by atoms with Crippen molar-refractivity contribution in [2.75, 3.05) is 26.1 Å². The second-order valence-corrected chi connectivity index (χ2v) is 7.97. The highest BCUT2D eigenvalue weighted by molar-refractivity contribution is 7.14. The second-order valence-electron chi connectivity index (χ2n) is 7.12. The SMILES string of the molecule is COc1ccc(-c2csc(NC(=O)[C@@H]3CCCN3C(=O)c3ccccc3)n2)c(OC)c1. The summed E-state index contributed by atoms with van der Waals surface area (Å²) in [5.41, 5.74) is 2.09. The Balaban J connectivity index is 1.48. The van der Waals surface area contributed by atoms with E-state index in [4.69, 9.17) is 9.47 Å². The molecular weight excluding hydrogens is 414 g/mol. The number of nitrogens with one attached hydrogen (secondary N) is 1. The smallest absolute Gasteiger partial charge is 0.254 e. The van der Waals surface area contributed by atoms with Gasteiger partial charge in [0, 0.05) is 29.1 Å². The zero-order valence-corrected chi connectivity index (χ0v) is 18.1. The Hall–Kier alpha value is -3.39. The molecule has 0 spiro atoms. The molecular formula is C23H23N3O4S. The van der Waals surface area contributed by atoms with Crippen LogP contribution in [0.5, 0.6) is 11.5 Å². The monoisotopic (exact) mass is 437 g/mol. The number of thiazole rings is 1. The van der Waals surface area contributed by atoms with Crippen LogP contribution in [0.15, 0.2) is 53.9 Å². The highest BCUT2D eigenvalue weighted by atomic mass is 32.1. The zero-order chi connectivity index (χ0) is 21.8. The van der Waals surface area contributed by atoms with Gasteiger partial charge in [0.15, 0.2) is 5.13 Å². The molecule has 1 fully saturated rings. The number of amides is 2. The third-order valence-corrected chi connectivity index (χ3v) is 6.01. The molecule has 2 aromatic carbocycles. The molecule has 1 N–H and O–H groups in total. The van der Waals surface area contributed by atoms with Crippen molar-refractivity contribution in [3.63, 3.8) is 0 Å². The van der Waals surface area contributed by atoms with Gasteiger partial charge >= 0.3 is 0 Å². The number of nitrogens with zero attached hydrogens (tertiary/aromatic N) is 2. The zero-order valence-electron chi connectivity index (χ0n) is 17.3. The molecule has 4 rings (SSSR count). The number of rotatable bonds is 6. The van der Waals surface area contributed by atoms with Crippen LogP contribution in [0.25, 0.3) is 11.3 Å². The molecule has 1 saturated heterocycles. The third kappa shape index (κ3) is 4.39. The minimum atomic E-state index is -0.504. The van der Waals surface area contributed by atoms with Crippen LogP contribution in [0.4, 0.5) is 5.13 Å². The molecule has 1 aromatic heterocycles. The number of methoxy groups -OCH3 is 2. The fraction of sp³-hybridized carbons (Fsp3) is 0.261. The van der Waals surface area contributed by atoms with Crippen LogP contribution in [0.3, 0.4) is 0 Å². The first-order valence-corrected chi connectivity index (χ1v) is 10.8. The molecule has 0 bridgehead atoms. The number of ether oxygens (including phenoxy) is 2. The molecule has 2 heterocycles. The van der Waals surface area contributed by atoms with E-state index in [0.717, 1.165) is 12.0 Å².